The number of sulfonamides is 1. The summed E-state index contributed by atoms with van der Waals surface area (Å²) in [7, 11) is 0.373. The fraction of sp³-hybridized carbons (Fsp3) is 0.368. The Labute approximate surface area is 165 Å². The molecule has 8 nitrogen and oxygen atoms in total. The molecule has 1 aliphatic heterocycles. The number of pyridine rings is 1. The van der Waals surface area contributed by atoms with Gasteiger partial charge in [-0.2, -0.15) is 8.87 Å². The number of nitrogens with zero attached hydrogens (tertiary/aromatic N) is 3. The van der Waals surface area contributed by atoms with Crippen molar-refractivity contribution < 1.29 is 22.5 Å². The molecule has 150 valence electrons. The van der Waals surface area contributed by atoms with E-state index in [9.17, 15) is 13.2 Å². The molecule has 0 atom stereocenters. The van der Waals surface area contributed by atoms with Gasteiger partial charge in [0.05, 0.1) is 18.1 Å². The van der Waals surface area contributed by atoms with Gasteiger partial charge in [-0.25, -0.2) is 8.42 Å². The predicted molar refractivity (Wildman–Crippen MR) is 106 cm³/mol. The quantitative estimate of drug-likeness (QED) is 0.716. The zero-order valence-corrected chi connectivity index (χ0v) is 16.9. The van der Waals surface area contributed by atoms with Crippen molar-refractivity contribution in [1.29, 1.82) is 0 Å². The summed E-state index contributed by atoms with van der Waals surface area (Å²) in [6.45, 7) is 1.68. The molecule has 0 radical (unpaired) electrons. The summed E-state index contributed by atoms with van der Waals surface area (Å²) in [5.41, 5.74) is 1.60. The SMILES string of the molecule is CN(C)c1cc[n+](CC(=O)Nc2ccc(S(=O)(=O)N3CCOCC3)cc2)cc1. The monoisotopic (exact) mass is 405 g/mol. The lowest BCUT2D eigenvalue weighted by molar-refractivity contribution is -0.684. The average Bonchev–Trinajstić information content (AvgIpc) is 2.69. The van der Waals surface area contributed by atoms with E-state index in [1.54, 1.807) is 16.7 Å². The van der Waals surface area contributed by atoms with Crippen molar-refractivity contribution in [2.75, 3.05) is 50.6 Å². The Morgan fingerprint density at radius 3 is 2.29 bits per heavy atom. The van der Waals surface area contributed by atoms with Gasteiger partial charge in [0, 0.05) is 50.7 Å². The summed E-state index contributed by atoms with van der Waals surface area (Å²) in [6.07, 6.45) is 3.68. The van der Waals surface area contributed by atoms with E-state index in [0.29, 0.717) is 32.0 Å². The van der Waals surface area contributed by atoms with Gasteiger partial charge >= 0.3 is 0 Å². The van der Waals surface area contributed by atoms with E-state index < -0.39 is 10.0 Å². The fourth-order valence-corrected chi connectivity index (χ4v) is 4.27. The topological polar surface area (TPSA) is 82.8 Å². The molecule has 2 aromatic rings. The molecule has 1 N–H and O–H groups in total. The molecule has 1 aromatic carbocycles. The molecular formula is C19H25N4O4S+. The van der Waals surface area contributed by atoms with Gasteiger partial charge in [0.2, 0.25) is 16.6 Å². The molecule has 9 heteroatoms. The number of aromatic nitrogens is 1. The van der Waals surface area contributed by atoms with Gasteiger partial charge in [-0.05, 0) is 24.3 Å². The Bertz CT molecular complexity index is 906. The van der Waals surface area contributed by atoms with Crippen LogP contribution in [-0.4, -0.2) is 59.0 Å². The lowest BCUT2D eigenvalue weighted by atomic mass is 10.3. The summed E-state index contributed by atoms with van der Waals surface area (Å²) in [5.74, 6) is -0.189. The normalized spacial score (nSPS) is 15.2. The minimum absolute atomic E-state index is 0.168. The second kappa shape index (κ2) is 8.68. The van der Waals surface area contributed by atoms with Crippen molar-refractivity contribution in [1.82, 2.24) is 4.31 Å². The highest BCUT2D eigenvalue weighted by Gasteiger charge is 2.26. The van der Waals surface area contributed by atoms with E-state index in [1.807, 2.05) is 43.5 Å². The standard InChI is InChI=1S/C19H24N4O4S/c1-21(2)17-7-9-22(10-8-17)15-19(24)20-16-3-5-18(6-4-16)28(25,26)23-11-13-27-14-12-23/h3-10H,11-15H2,1-2H3/p+1. The van der Waals surface area contributed by atoms with Gasteiger partial charge in [-0.3, -0.25) is 4.79 Å². The van der Waals surface area contributed by atoms with Crippen LogP contribution in [0.5, 0.6) is 0 Å². The summed E-state index contributed by atoms with van der Waals surface area (Å²) in [6, 6.07) is 10.1. The smallest absolute Gasteiger partial charge is 0.290 e. The lowest BCUT2D eigenvalue weighted by Gasteiger charge is -2.26. The van der Waals surface area contributed by atoms with Crippen LogP contribution in [0.15, 0.2) is 53.7 Å². The molecule has 1 aliphatic rings. The maximum Gasteiger partial charge on any atom is 0.290 e. The number of morpholine rings is 1. The third-order valence-corrected chi connectivity index (χ3v) is 6.37. The number of amides is 1. The first-order chi connectivity index (χ1) is 13.4. The number of hydrogen-bond donors (Lipinski definition) is 1. The molecular weight excluding hydrogens is 380 g/mol. The largest absolute Gasteiger partial charge is 0.379 e. The minimum Gasteiger partial charge on any atom is -0.379 e. The molecule has 1 saturated heterocycles. The zero-order chi connectivity index (χ0) is 20.1. The molecule has 0 aliphatic carbocycles. The van der Waals surface area contributed by atoms with Crippen LogP contribution in [0.25, 0.3) is 0 Å². The maximum atomic E-state index is 12.6. The highest BCUT2D eigenvalue weighted by atomic mass is 32.2. The lowest BCUT2D eigenvalue weighted by Crippen LogP contribution is -2.40. The molecule has 0 saturated carbocycles. The average molecular weight is 406 g/mol. The number of ether oxygens (including phenoxy) is 1. The molecule has 2 heterocycles. The van der Waals surface area contributed by atoms with Crippen molar-refractivity contribution in [3.8, 4) is 0 Å². The molecule has 1 amide bonds. The number of rotatable bonds is 6. The van der Waals surface area contributed by atoms with E-state index in [0.717, 1.165) is 5.69 Å². The molecule has 0 unspecified atom stereocenters. The summed E-state index contributed by atoms with van der Waals surface area (Å²) < 4.78 is 33.6. The van der Waals surface area contributed by atoms with Crippen LogP contribution in [0.2, 0.25) is 0 Å². The molecule has 1 fully saturated rings. The Balaban J connectivity index is 1.61. The van der Waals surface area contributed by atoms with Gasteiger partial charge in [0.1, 0.15) is 0 Å². The molecule has 1 aromatic heterocycles. The molecule has 28 heavy (non-hydrogen) atoms. The third kappa shape index (κ3) is 4.86. The zero-order valence-electron chi connectivity index (χ0n) is 16.0. The van der Waals surface area contributed by atoms with Gasteiger partial charge in [-0.1, -0.05) is 0 Å². The van der Waals surface area contributed by atoms with Crippen molar-refractivity contribution in [2.24, 2.45) is 0 Å². The van der Waals surface area contributed by atoms with Crippen molar-refractivity contribution in [3.63, 3.8) is 0 Å². The van der Waals surface area contributed by atoms with Crippen LogP contribution in [0.1, 0.15) is 0 Å². The van der Waals surface area contributed by atoms with Crippen LogP contribution in [-0.2, 0) is 26.1 Å². The third-order valence-electron chi connectivity index (χ3n) is 4.46. The first kappa shape index (κ1) is 20.2. The van der Waals surface area contributed by atoms with Gasteiger partial charge in [0.25, 0.3) is 5.91 Å². The number of carbonyl (C=O) groups is 1. The van der Waals surface area contributed by atoms with E-state index >= 15 is 0 Å². The van der Waals surface area contributed by atoms with E-state index in [-0.39, 0.29) is 17.3 Å². The van der Waals surface area contributed by atoms with Crippen molar-refractivity contribution >= 4 is 27.3 Å². The molecule has 3 rings (SSSR count). The number of hydrogen-bond acceptors (Lipinski definition) is 5. The minimum atomic E-state index is -3.53. The van der Waals surface area contributed by atoms with Gasteiger partial charge < -0.3 is 15.0 Å². The molecule has 0 bridgehead atoms. The molecule has 0 spiro atoms. The Kier molecular flexibility index (Phi) is 6.28. The predicted octanol–water partition coefficient (Wildman–Crippen LogP) is 0.700. The Hall–Kier alpha value is -2.49. The van der Waals surface area contributed by atoms with Gasteiger partial charge in [-0.15, -0.1) is 0 Å². The number of carbonyl (C=O) groups excluding carboxylic acids is 1. The Morgan fingerprint density at radius 1 is 1.11 bits per heavy atom. The van der Waals surface area contributed by atoms with Crippen LogP contribution >= 0.6 is 0 Å². The maximum absolute atomic E-state index is 12.6. The van der Waals surface area contributed by atoms with Crippen LogP contribution in [0, 0.1) is 0 Å². The van der Waals surface area contributed by atoms with E-state index in [4.69, 9.17) is 4.74 Å². The van der Waals surface area contributed by atoms with Crippen molar-refractivity contribution in [2.45, 2.75) is 11.4 Å². The summed E-state index contributed by atoms with van der Waals surface area (Å²) >= 11 is 0. The van der Waals surface area contributed by atoms with Gasteiger partial charge in [0.15, 0.2) is 12.4 Å². The first-order valence-electron chi connectivity index (χ1n) is 9.00. The second-order valence-electron chi connectivity index (χ2n) is 6.71. The number of nitrogens with one attached hydrogen (secondary N) is 1. The second-order valence-corrected chi connectivity index (χ2v) is 8.65. The number of benzene rings is 1. The van der Waals surface area contributed by atoms with E-state index in [1.165, 1.54) is 16.4 Å². The summed E-state index contributed by atoms with van der Waals surface area (Å²) in [5, 5.41) is 2.79. The van der Waals surface area contributed by atoms with Crippen LogP contribution in [0.3, 0.4) is 0 Å². The first-order valence-corrected chi connectivity index (χ1v) is 10.4. The highest BCUT2D eigenvalue weighted by molar-refractivity contribution is 7.89. The summed E-state index contributed by atoms with van der Waals surface area (Å²) in [4.78, 5) is 14.4. The highest BCUT2D eigenvalue weighted by Crippen LogP contribution is 2.19. The van der Waals surface area contributed by atoms with Crippen LogP contribution in [0.4, 0.5) is 11.4 Å². The van der Waals surface area contributed by atoms with Crippen molar-refractivity contribution in [3.05, 3.63) is 48.8 Å². The van der Waals surface area contributed by atoms with Crippen LogP contribution < -0.4 is 14.8 Å². The van der Waals surface area contributed by atoms with E-state index in [2.05, 4.69) is 5.32 Å². The Morgan fingerprint density at radius 2 is 1.71 bits per heavy atom. The fourth-order valence-electron chi connectivity index (χ4n) is 2.87. The number of anilines is 2.